The number of hydrogen-bond acceptors (Lipinski definition) is 3. The summed E-state index contributed by atoms with van der Waals surface area (Å²) in [6, 6.07) is 10.5. The molecule has 8 heteroatoms. The van der Waals surface area contributed by atoms with Crippen LogP contribution in [0.4, 0.5) is 8.78 Å². The van der Waals surface area contributed by atoms with Crippen LogP contribution in [0.15, 0.2) is 66.6 Å². The van der Waals surface area contributed by atoms with Crippen molar-refractivity contribution in [3.8, 4) is 11.5 Å². The Kier molecular flexibility index (Phi) is 7.59. The molecule has 2 atom stereocenters. The number of nitrogens with zero attached hydrogens (tertiary/aromatic N) is 2. The van der Waals surface area contributed by atoms with E-state index in [1.807, 2.05) is 30.5 Å². The summed E-state index contributed by atoms with van der Waals surface area (Å²) in [4.78, 5) is 4.78. The number of aryl methyl sites for hydroxylation is 1. The Bertz CT molecular complexity index is 1310. The lowest BCUT2D eigenvalue weighted by Crippen LogP contribution is -2.34. The van der Waals surface area contributed by atoms with Gasteiger partial charge in [-0.3, -0.25) is 0 Å². The molecule has 1 aliphatic carbocycles. The third kappa shape index (κ3) is 4.94. The fourth-order valence-electron chi connectivity index (χ4n) is 4.64. The highest BCUT2D eigenvalue weighted by Gasteiger charge is 2.36. The maximum Gasteiger partial charge on any atom is 0.161 e. The van der Waals surface area contributed by atoms with Gasteiger partial charge >= 0.3 is 0 Å². The molecule has 4 rings (SSSR count). The summed E-state index contributed by atoms with van der Waals surface area (Å²) in [6.07, 6.45) is 8.00. The van der Waals surface area contributed by atoms with Crippen molar-refractivity contribution in [2.75, 3.05) is 14.2 Å². The molecular weight excluding hydrogens is 501 g/mol. The first kappa shape index (κ1) is 26.4. The Morgan fingerprint density at radius 2 is 1.86 bits per heavy atom. The summed E-state index contributed by atoms with van der Waals surface area (Å²) >= 11 is 6.28. The number of methoxy groups -OCH3 is 2. The number of hydrogen-bond donors (Lipinski definition) is 0. The summed E-state index contributed by atoms with van der Waals surface area (Å²) in [6.45, 7) is 4.21. The number of imidazole rings is 1. The zero-order valence-corrected chi connectivity index (χ0v) is 22.7. The van der Waals surface area contributed by atoms with Crippen LogP contribution in [0, 0.1) is 5.82 Å². The molecule has 0 amide bonds. The lowest BCUT2D eigenvalue weighted by atomic mass is 9.81. The van der Waals surface area contributed by atoms with Gasteiger partial charge in [0, 0.05) is 34.3 Å². The molecule has 2 aromatic carbocycles. The van der Waals surface area contributed by atoms with Crippen LogP contribution in [0.1, 0.15) is 42.9 Å². The summed E-state index contributed by atoms with van der Waals surface area (Å²) in [5.74, 6) is 1.43. The van der Waals surface area contributed by atoms with E-state index in [0.29, 0.717) is 41.3 Å². The minimum atomic E-state index is -0.635. The third-order valence-electron chi connectivity index (χ3n) is 6.81. The fraction of sp³-hybridized carbons (Fsp3) is 0.321. The molecule has 0 saturated carbocycles. The van der Waals surface area contributed by atoms with E-state index in [-0.39, 0.29) is 11.6 Å². The van der Waals surface area contributed by atoms with E-state index in [4.69, 9.17) is 26.1 Å². The predicted octanol–water partition coefficient (Wildman–Crippen LogP) is 7.15. The lowest BCUT2D eigenvalue weighted by molar-refractivity contribution is 0.353. The number of halogens is 3. The van der Waals surface area contributed by atoms with Gasteiger partial charge < -0.3 is 14.0 Å². The van der Waals surface area contributed by atoms with Crippen molar-refractivity contribution in [2.24, 2.45) is 0 Å². The minimum absolute atomic E-state index is 0.270. The van der Waals surface area contributed by atoms with Crippen LogP contribution in [0.3, 0.4) is 0 Å². The first-order valence-electron chi connectivity index (χ1n) is 11.7. The van der Waals surface area contributed by atoms with Gasteiger partial charge in [-0.15, -0.1) is 9.24 Å². The Morgan fingerprint density at radius 1 is 1.11 bits per heavy atom. The summed E-state index contributed by atoms with van der Waals surface area (Å²) < 4.78 is 41.5. The SMILES string of the molecule is COc1ccc(C(C)(C)c2cnc(CCc3c(F)cccc3Cl)n2C2(P)C=CC(F)=CC2)cc1OC. The standard InChI is InChI=1S/C28H30ClF2N2O2P/c1-27(2,18-8-10-23(34-3)24(16-18)35-4)25-17-32-26(11-9-20-21(29)6-5-7-22(20)31)33(25)28(36)14-12-19(30)13-15-28/h5-8,10,12-14,16-17H,9,11,15,36H2,1-4H3. The zero-order valence-electron chi connectivity index (χ0n) is 20.8. The maximum absolute atomic E-state index is 14.5. The number of ether oxygens (including phenoxy) is 2. The Hall–Kier alpha value is -2.69. The monoisotopic (exact) mass is 530 g/mol. The van der Waals surface area contributed by atoms with Gasteiger partial charge in [-0.25, -0.2) is 13.8 Å². The fourth-order valence-corrected chi connectivity index (χ4v) is 5.40. The molecule has 0 radical (unpaired) electrons. The van der Waals surface area contributed by atoms with E-state index in [1.54, 1.807) is 32.4 Å². The van der Waals surface area contributed by atoms with E-state index in [2.05, 4.69) is 27.7 Å². The van der Waals surface area contributed by atoms with Gasteiger partial charge in [-0.05, 0) is 54.8 Å². The van der Waals surface area contributed by atoms with Crippen LogP contribution < -0.4 is 9.47 Å². The van der Waals surface area contributed by atoms with E-state index in [9.17, 15) is 8.78 Å². The molecule has 0 spiro atoms. The van der Waals surface area contributed by atoms with Crippen molar-refractivity contribution in [1.82, 2.24) is 9.55 Å². The molecule has 0 aliphatic heterocycles. The molecule has 0 saturated heterocycles. The molecule has 190 valence electrons. The first-order chi connectivity index (χ1) is 17.1. The number of rotatable bonds is 8. The van der Waals surface area contributed by atoms with Crippen molar-refractivity contribution in [3.63, 3.8) is 0 Å². The molecule has 36 heavy (non-hydrogen) atoms. The molecule has 1 aliphatic rings. The second-order valence-electron chi connectivity index (χ2n) is 9.41. The van der Waals surface area contributed by atoms with Gasteiger partial charge in [0.25, 0.3) is 0 Å². The summed E-state index contributed by atoms with van der Waals surface area (Å²) in [5, 5.41) is -0.244. The normalized spacial score (nSPS) is 17.7. The first-order valence-corrected chi connectivity index (χ1v) is 12.6. The smallest absolute Gasteiger partial charge is 0.161 e. The molecule has 1 heterocycles. The Morgan fingerprint density at radius 3 is 2.50 bits per heavy atom. The van der Waals surface area contributed by atoms with Gasteiger partial charge in [-0.1, -0.05) is 43.7 Å². The number of benzene rings is 2. The van der Waals surface area contributed by atoms with Crippen LogP contribution in [0.25, 0.3) is 0 Å². The number of aromatic nitrogens is 2. The molecule has 4 nitrogen and oxygen atoms in total. The zero-order chi connectivity index (χ0) is 26.1. The van der Waals surface area contributed by atoms with E-state index in [1.165, 1.54) is 12.1 Å². The van der Waals surface area contributed by atoms with Crippen LogP contribution in [-0.2, 0) is 23.5 Å². The molecular formula is C28H30ClF2N2O2P. The summed E-state index contributed by atoms with van der Waals surface area (Å²) in [7, 11) is 6.07. The molecule has 3 aromatic rings. The predicted molar refractivity (Wildman–Crippen MR) is 143 cm³/mol. The van der Waals surface area contributed by atoms with Crippen molar-refractivity contribution in [2.45, 2.75) is 43.8 Å². The van der Waals surface area contributed by atoms with Gasteiger partial charge in [0.2, 0.25) is 0 Å². The minimum Gasteiger partial charge on any atom is -0.493 e. The van der Waals surface area contributed by atoms with Crippen molar-refractivity contribution in [1.29, 1.82) is 0 Å². The third-order valence-corrected chi connectivity index (χ3v) is 7.85. The van der Waals surface area contributed by atoms with E-state index >= 15 is 0 Å². The topological polar surface area (TPSA) is 36.3 Å². The Balaban J connectivity index is 1.81. The second kappa shape index (κ2) is 10.4. The molecule has 0 N–H and O–H groups in total. The van der Waals surface area contributed by atoms with Crippen LogP contribution in [0.2, 0.25) is 5.02 Å². The maximum atomic E-state index is 14.5. The molecule has 0 fully saturated rings. The second-order valence-corrected chi connectivity index (χ2v) is 10.8. The van der Waals surface area contributed by atoms with Crippen molar-refractivity contribution < 1.29 is 18.3 Å². The Labute approximate surface area is 218 Å². The highest BCUT2D eigenvalue weighted by Crippen LogP contribution is 2.44. The van der Waals surface area contributed by atoms with Crippen LogP contribution in [-0.4, -0.2) is 23.8 Å². The van der Waals surface area contributed by atoms with E-state index in [0.717, 1.165) is 17.1 Å². The van der Waals surface area contributed by atoms with Gasteiger partial charge in [0.05, 0.1) is 19.5 Å². The van der Waals surface area contributed by atoms with E-state index < -0.39 is 10.7 Å². The summed E-state index contributed by atoms with van der Waals surface area (Å²) in [5.41, 5.74) is 1.88. The van der Waals surface area contributed by atoms with Gasteiger partial charge in [0.15, 0.2) is 11.5 Å². The van der Waals surface area contributed by atoms with Gasteiger partial charge in [0.1, 0.15) is 17.5 Å². The largest absolute Gasteiger partial charge is 0.493 e. The molecule has 0 bridgehead atoms. The quantitative estimate of drug-likeness (QED) is 0.290. The average Bonchev–Trinajstić information content (AvgIpc) is 3.31. The highest BCUT2D eigenvalue weighted by molar-refractivity contribution is 7.18. The van der Waals surface area contributed by atoms with Gasteiger partial charge in [-0.2, -0.15) is 0 Å². The van der Waals surface area contributed by atoms with Crippen LogP contribution >= 0.6 is 20.8 Å². The molecule has 1 aromatic heterocycles. The lowest BCUT2D eigenvalue weighted by Gasteiger charge is -2.37. The van der Waals surface area contributed by atoms with Crippen molar-refractivity contribution in [3.05, 3.63) is 100 Å². The van der Waals surface area contributed by atoms with Crippen molar-refractivity contribution >= 4 is 20.8 Å². The molecule has 2 unspecified atom stereocenters. The highest BCUT2D eigenvalue weighted by atomic mass is 35.5. The average molecular weight is 531 g/mol. The van der Waals surface area contributed by atoms with Crippen LogP contribution in [0.5, 0.6) is 11.5 Å². The number of allylic oxidation sites excluding steroid dienone is 4.